The lowest BCUT2D eigenvalue weighted by atomic mass is 9.86. The van der Waals surface area contributed by atoms with Gasteiger partial charge >= 0.3 is 6.03 Å². The van der Waals surface area contributed by atoms with Crippen LogP contribution in [0.25, 0.3) is 10.8 Å². The van der Waals surface area contributed by atoms with Crippen molar-refractivity contribution in [1.29, 1.82) is 0 Å². The van der Waals surface area contributed by atoms with Gasteiger partial charge in [-0.1, -0.05) is 48.5 Å². The lowest BCUT2D eigenvalue weighted by Crippen LogP contribution is -2.34. The van der Waals surface area contributed by atoms with Gasteiger partial charge in [-0.05, 0) is 115 Å². The molecule has 2 atom stereocenters. The Morgan fingerprint density at radius 3 is 2.07 bits per heavy atom. The highest BCUT2D eigenvalue weighted by Crippen LogP contribution is 2.52. The zero-order valence-corrected chi connectivity index (χ0v) is 34.9. The van der Waals surface area contributed by atoms with Crippen molar-refractivity contribution in [2.75, 3.05) is 66.3 Å². The van der Waals surface area contributed by atoms with Gasteiger partial charge in [-0.2, -0.15) is 0 Å². The lowest BCUT2D eigenvalue weighted by molar-refractivity contribution is 0.220. The summed E-state index contributed by atoms with van der Waals surface area (Å²) < 4.78 is 37.9. The first-order valence-corrected chi connectivity index (χ1v) is 20.4. The van der Waals surface area contributed by atoms with Crippen LogP contribution in [-0.4, -0.2) is 71.5 Å². The molecule has 6 bridgehead atoms. The van der Waals surface area contributed by atoms with E-state index in [0.717, 1.165) is 59.8 Å². The maximum absolute atomic E-state index is 14.0. The highest BCUT2D eigenvalue weighted by atomic mass is 16.5. The molecular formula is C49H50N4O7. The van der Waals surface area contributed by atoms with Crippen LogP contribution in [0.2, 0.25) is 0 Å². The van der Waals surface area contributed by atoms with Gasteiger partial charge in [-0.15, -0.1) is 0 Å². The van der Waals surface area contributed by atoms with Gasteiger partial charge < -0.3 is 39.1 Å². The van der Waals surface area contributed by atoms with Gasteiger partial charge in [0.15, 0.2) is 34.5 Å². The number of hydrogen-bond acceptors (Lipinski definition) is 9. The number of rotatable bonds is 6. The van der Waals surface area contributed by atoms with E-state index in [9.17, 15) is 4.79 Å². The van der Waals surface area contributed by atoms with Gasteiger partial charge in [0.05, 0.1) is 34.1 Å². The Morgan fingerprint density at radius 1 is 0.633 bits per heavy atom. The molecule has 10 rings (SSSR count). The Hall–Kier alpha value is -6.43. The van der Waals surface area contributed by atoms with Crippen molar-refractivity contribution in [3.05, 3.63) is 130 Å². The molecule has 2 amide bonds. The summed E-state index contributed by atoms with van der Waals surface area (Å²) in [5.74, 6) is 4.57. The van der Waals surface area contributed by atoms with Gasteiger partial charge in [0.2, 0.25) is 5.75 Å². The second-order valence-corrected chi connectivity index (χ2v) is 15.7. The number of fused-ring (bicyclic) bond motifs is 3. The second kappa shape index (κ2) is 16.3. The van der Waals surface area contributed by atoms with Gasteiger partial charge in [-0.3, -0.25) is 9.80 Å². The first-order chi connectivity index (χ1) is 29.2. The molecule has 6 aromatic rings. The first kappa shape index (κ1) is 39.1. The molecule has 0 spiro atoms. The van der Waals surface area contributed by atoms with Crippen LogP contribution in [0.4, 0.5) is 16.2 Å². The largest absolute Gasteiger partial charge is 0.493 e. The summed E-state index contributed by atoms with van der Waals surface area (Å²) in [6.07, 6.45) is 2.91. The van der Waals surface area contributed by atoms with Crippen LogP contribution in [0.15, 0.2) is 97.1 Å². The molecule has 0 radical (unpaired) electrons. The summed E-state index contributed by atoms with van der Waals surface area (Å²) in [7, 11) is 10.9. The maximum Gasteiger partial charge on any atom is 0.323 e. The Balaban J connectivity index is 1.21. The number of methoxy groups -OCH3 is 4. The molecule has 11 nitrogen and oxygen atoms in total. The van der Waals surface area contributed by atoms with Crippen LogP contribution in [0, 0.1) is 0 Å². The van der Waals surface area contributed by atoms with Crippen molar-refractivity contribution in [2.24, 2.45) is 0 Å². The molecule has 0 aliphatic carbocycles. The number of carbonyl (C=O) groups excluding carboxylic acids is 1. The topological polar surface area (TPSA) is 103 Å². The third kappa shape index (κ3) is 7.28. The van der Waals surface area contributed by atoms with Gasteiger partial charge in [-0.25, -0.2) is 4.79 Å². The number of likely N-dealkylation sites (N-methyl/N-ethyl adjacent to an activating group) is 2. The molecule has 0 saturated carbocycles. The Labute approximate surface area is 350 Å². The fourth-order valence-corrected chi connectivity index (χ4v) is 9.07. The van der Waals surface area contributed by atoms with E-state index >= 15 is 0 Å². The predicted molar refractivity (Wildman–Crippen MR) is 234 cm³/mol. The Kier molecular flexibility index (Phi) is 10.6. The van der Waals surface area contributed by atoms with Gasteiger partial charge in [0.25, 0.3) is 0 Å². The molecule has 0 saturated heterocycles. The van der Waals surface area contributed by atoms with Crippen LogP contribution in [-0.2, 0) is 25.7 Å². The van der Waals surface area contributed by atoms with Crippen molar-refractivity contribution < 1.29 is 33.2 Å². The van der Waals surface area contributed by atoms with E-state index in [-0.39, 0.29) is 18.1 Å². The van der Waals surface area contributed by atoms with Crippen LogP contribution < -0.4 is 39.1 Å². The van der Waals surface area contributed by atoms with E-state index in [4.69, 9.17) is 28.4 Å². The van der Waals surface area contributed by atoms with E-state index in [1.807, 2.05) is 66.7 Å². The number of hydrogen-bond donors (Lipinski definition) is 2. The van der Waals surface area contributed by atoms with Crippen molar-refractivity contribution in [3.8, 4) is 46.0 Å². The van der Waals surface area contributed by atoms with E-state index in [2.05, 4.69) is 64.9 Å². The third-order valence-electron chi connectivity index (χ3n) is 12.3. The highest BCUT2D eigenvalue weighted by Gasteiger charge is 2.35. The zero-order chi connectivity index (χ0) is 41.5. The quantitative estimate of drug-likeness (QED) is 0.170. The minimum absolute atomic E-state index is 0.105. The van der Waals surface area contributed by atoms with E-state index in [1.54, 1.807) is 28.4 Å². The molecule has 6 aromatic carbocycles. The second-order valence-electron chi connectivity index (χ2n) is 15.7. The maximum atomic E-state index is 14.0. The lowest BCUT2D eigenvalue weighted by Gasteiger charge is -2.37. The normalized spacial score (nSPS) is 17.3. The summed E-state index contributed by atoms with van der Waals surface area (Å²) in [6, 6.07) is 31.7. The Morgan fingerprint density at radius 2 is 1.30 bits per heavy atom. The number of nitrogens with one attached hydrogen (secondary N) is 2. The fourth-order valence-electron chi connectivity index (χ4n) is 9.07. The molecule has 308 valence electrons. The zero-order valence-electron chi connectivity index (χ0n) is 34.9. The molecule has 4 aliphatic heterocycles. The molecule has 11 heteroatoms. The van der Waals surface area contributed by atoms with E-state index in [1.165, 1.54) is 16.7 Å². The number of nitrogens with zero attached hydrogens (tertiary/aromatic N) is 2. The summed E-state index contributed by atoms with van der Waals surface area (Å²) >= 11 is 0. The summed E-state index contributed by atoms with van der Waals surface area (Å²) in [4.78, 5) is 18.7. The molecule has 4 heterocycles. The van der Waals surface area contributed by atoms with Gasteiger partial charge in [0.1, 0.15) is 5.75 Å². The molecule has 0 aromatic heterocycles. The molecule has 4 aliphatic rings. The number of anilines is 2. The monoisotopic (exact) mass is 806 g/mol. The summed E-state index contributed by atoms with van der Waals surface area (Å²) in [6.45, 7) is 1.70. The van der Waals surface area contributed by atoms with Crippen LogP contribution in [0.5, 0.6) is 46.0 Å². The first-order valence-electron chi connectivity index (χ1n) is 20.4. The fraction of sp³-hybridized carbons (Fsp3) is 0.286. The third-order valence-corrected chi connectivity index (χ3v) is 12.3. The number of ether oxygens (including phenoxy) is 6. The predicted octanol–water partition coefficient (Wildman–Crippen LogP) is 9.96. The summed E-state index contributed by atoms with van der Waals surface area (Å²) in [5.41, 5.74) is 7.78. The molecule has 0 unspecified atom stereocenters. The van der Waals surface area contributed by atoms with Crippen LogP contribution >= 0.6 is 0 Å². The van der Waals surface area contributed by atoms with E-state index in [0.29, 0.717) is 63.8 Å². The SMILES string of the molecule is COc1cc(NC(=O)Nc2cccc3ccccc23)c2cc1Oc1ccc(cc1)C[C@H]1c3cc(c(OC)cc3CCN1C)Oc1c(OC)c(OC)cc3c1[C@H](C2)N(C)CC3. The number of carbonyl (C=O) groups is 1. The average Bonchev–Trinajstić information content (AvgIpc) is 3.26. The number of benzene rings is 6. The average molecular weight is 807 g/mol. The smallest absolute Gasteiger partial charge is 0.323 e. The van der Waals surface area contributed by atoms with Crippen molar-refractivity contribution in [2.45, 2.75) is 37.8 Å². The van der Waals surface area contributed by atoms with Gasteiger partial charge in [0, 0.05) is 47.9 Å². The number of amides is 2. The van der Waals surface area contributed by atoms with Crippen LogP contribution in [0.3, 0.4) is 0 Å². The molecule has 2 N–H and O–H groups in total. The van der Waals surface area contributed by atoms with Crippen molar-refractivity contribution >= 4 is 28.2 Å². The molecule has 60 heavy (non-hydrogen) atoms. The van der Waals surface area contributed by atoms with E-state index < -0.39 is 0 Å². The standard InChI is InChI=1S/C49H50N4O7/c1-52-20-18-31-24-41(55-3)44-27-36(31)39(52)22-29-14-16-34(17-15-29)59-43-26-33(23-40-46-32(19-21-53(40)2)25-45(57-5)47(58-6)48(46)60-44)38(28-42(43)56-4)51-49(54)50-37-13-9-11-30-10-7-8-12-35(30)37/h7-17,24-28,39-40H,18-23H2,1-6H3,(H2,50,51,54)/t39-,40-/m0/s1. The highest BCUT2D eigenvalue weighted by molar-refractivity contribution is 6.06. The minimum Gasteiger partial charge on any atom is -0.493 e. The Bertz CT molecular complexity index is 2590. The summed E-state index contributed by atoms with van der Waals surface area (Å²) in [5, 5.41) is 8.24. The molecular weight excluding hydrogens is 757 g/mol. The minimum atomic E-state index is -0.385. The van der Waals surface area contributed by atoms with Crippen molar-refractivity contribution in [3.63, 3.8) is 0 Å². The van der Waals surface area contributed by atoms with Crippen LogP contribution in [0.1, 0.15) is 45.5 Å². The number of urea groups is 1. The molecule has 0 fully saturated rings. The van der Waals surface area contributed by atoms with Crippen molar-refractivity contribution in [1.82, 2.24) is 9.80 Å².